The van der Waals surface area contributed by atoms with E-state index in [4.69, 9.17) is 5.73 Å². The van der Waals surface area contributed by atoms with Gasteiger partial charge in [-0.25, -0.2) is 0 Å². The molecule has 2 aromatic rings. The fourth-order valence-corrected chi connectivity index (χ4v) is 2.93. The lowest BCUT2D eigenvalue weighted by Crippen LogP contribution is -2.32. The van der Waals surface area contributed by atoms with Crippen LogP contribution in [0.3, 0.4) is 0 Å². The number of halogens is 1. The van der Waals surface area contributed by atoms with Crippen molar-refractivity contribution in [2.75, 3.05) is 6.54 Å². The van der Waals surface area contributed by atoms with E-state index in [0.717, 1.165) is 33.1 Å². The Morgan fingerprint density at radius 1 is 1.15 bits per heavy atom. The molecule has 20 heavy (non-hydrogen) atoms. The van der Waals surface area contributed by atoms with Gasteiger partial charge in [0.05, 0.1) is 6.04 Å². The molecule has 0 spiro atoms. The SMILES string of the molecule is NC(c1cccc(Br)c1)c1ccc2c(c1)C(=O)NCC2. The highest BCUT2D eigenvalue weighted by atomic mass is 79.9. The molecular weight excluding hydrogens is 316 g/mol. The lowest BCUT2D eigenvalue weighted by Gasteiger charge is -2.19. The molecule has 1 aliphatic heterocycles. The summed E-state index contributed by atoms with van der Waals surface area (Å²) in [5, 5.41) is 2.87. The molecule has 2 aromatic carbocycles. The lowest BCUT2D eigenvalue weighted by atomic mass is 9.93. The van der Waals surface area contributed by atoms with Crippen molar-refractivity contribution in [2.45, 2.75) is 12.5 Å². The van der Waals surface area contributed by atoms with E-state index in [1.54, 1.807) is 0 Å². The second-order valence-electron chi connectivity index (χ2n) is 4.96. The van der Waals surface area contributed by atoms with Crippen molar-refractivity contribution in [3.8, 4) is 0 Å². The molecular formula is C16H15BrN2O. The van der Waals surface area contributed by atoms with Crippen molar-refractivity contribution in [3.05, 3.63) is 69.2 Å². The second kappa shape index (κ2) is 5.38. The molecule has 0 radical (unpaired) electrons. The number of benzene rings is 2. The number of hydrogen-bond donors (Lipinski definition) is 2. The summed E-state index contributed by atoms with van der Waals surface area (Å²) in [6, 6.07) is 13.6. The highest BCUT2D eigenvalue weighted by Gasteiger charge is 2.18. The van der Waals surface area contributed by atoms with Gasteiger partial charge >= 0.3 is 0 Å². The van der Waals surface area contributed by atoms with Gasteiger partial charge in [0, 0.05) is 16.6 Å². The molecule has 0 aliphatic carbocycles. The third kappa shape index (κ3) is 2.49. The van der Waals surface area contributed by atoms with E-state index in [2.05, 4.69) is 21.2 Å². The Kier molecular flexibility index (Phi) is 3.59. The number of nitrogens with two attached hydrogens (primary N) is 1. The summed E-state index contributed by atoms with van der Waals surface area (Å²) in [6.45, 7) is 0.711. The Morgan fingerprint density at radius 3 is 2.75 bits per heavy atom. The number of rotatable bonds is 2. The fourth-order valence-electron chi connectivity index (χ4n) is 2.52. The predicted octanol–water partition coefficient (Wildman–Crippen LogP) is 2.78. The van der Waals surface area contributed by atoms with Gasteiger partial charge in [-0.3, -0.25) is 4.79 Å². The van der Waals surface area contributed by atoms with Gasteiger partial charge in [0.25, 0.3) is 5.91 Å². The number of nitrogens with one attached hydrogen (secondary N) is 1. The zero-order valence-corrected chi connectivity index (χ0v) is 12.5. The Morgan fingerprint density at radius 2 is 1.95 bits per heavy atom. The first-order chi connectivity index (χ1) is 9.65. The smallest absolute Gasteiger partial charge is 0.251 e. The average Bonchev–Trinajstić information content (AvgIpc) is 2.47. The summed E-state index contributed by atoms with van der Waals surface area (Å²) in [5.74, 6) is -0.00505. The van der Waals surface area contributed by atoms with Crippen molar-refractivity contribution in [1.29, 1.82) is 0 Å². The molecule has 3 rings (SSSR count). The van der Waals surface area contributed by atoms with Gasteiger partial charge in [0.2, 0.25) is 0 Å². The van der Waals surface area contributed by atoms with Crippen LogP contribution in [0.5, 0.6) is 0 Å². The highest BCUT2D eigenvalue weighted by molar-refractivity contribution is 9.10. The molecule has 0 saturated carbocycles. The van der Waals surface area contributed by atoms with Crippen LogP contribution in [0.15, 0.2) is 46.9 Å². The van der Waals surface area contributed by atoms with Crippen molar-refractivity contribution >= 4 is 21.8 Å². The van der Waals surface area contributed by atoms with Gasteiger partial charge in [-0.15, -0.1) is 0 Å². The molecule has 3 nitrogen and oxygen atoms in total. The van der Waals surface area contributed by atoms with Gasteiger partial charge in [0.15, 0.2) is 0 Å². The highest BCUT2D eigenvalue weighted by Crippen LogP contribution is 2.25. The zero-order valence-electron chi connectivity index (χ0n) is 10.9. The van der Waals surface area contributed by atoms with Gasteiger partial charge in [-0.1, -0.05) is 40.2 Å². The van der Waals surface area contributed by atoms with Crippen LogP contribution in [0, 0.1) is 0 Å². The van der Waals surface area contributed by atoms with Crippen molar-refractivity contribution < 1.29 is 4.79 Å². The maximum atomic E-state index is 11.9. The molecule has 0 fully saturated rings. The zero-order chi connectivity index (χ0) is 14.1. The fraction of sp³-hybridized carbons (Fsp3) is 0.188. The number of hydrogen-bond acceptors (Lipinski definition) is 2. The number of amides is 1. The molecule has 3 N–H and O–H groups in total. The summed E-state index contributed by atoms with van der Waals surface area (Å²) in [7, 11) is 0. The van der Waals surface area contributed by atoms with Crippen molar-refractivity contribution in [3.63, 3.8) is 0 Å². The van der Waals surface area contributed by atoms with E-state index >= 15 is 0 Å². The second-order valence-corrected chi connectivity index (χ2v) is 5.87. The number of carbonyl (C=O) groups is 1. The first-order valence-corrected chi connectivity index (χ1v) is 7.36. The van der Waals surface area contributed by atoms with Crippen LogP contribution in [0.25, 0.3) is 0 Å². The summed E-state index contributed by atoms with van der Waals surface area (Å²) in [5.41, 5.74) is 10.1. The summed E-state index contributed by atoms with van der Waals surface area (Å²) in [6.07, 6.45) is 0.882. The van der Waals surface area contributed by atoms with Gasteiger partial charge < -0.3 is 11.1 Å². The topological polar surface area (TPSA) is 55.1 Å². The number of carbonyl (C=O) groups excluding carboxylic acids is 1. The molecule has 0 bridgehead atoms. The molecule has 102 valence electrons. The maximum Gasteiger partial charge on any atom is 0.251 e. The minimum absolute atomic E-state index is 0.00505. The van der Waals surface area contributed by atoms with E-state index in [1.807, 2.05) is 42.5 Å². The Bertz CT molecular complexity index is 669. The van der Waals surface area contributed by atoms with Crippen molar-refractivity contribution in [1.82, 2.24) is 5.32 Å². The summed E-state index contributed by atoms with van der Waals surface area (Å²) >= 11 is 3.45. The van der Waals surface area contributed by atoms with Crippen LogP contribution in [0.4, 0.5) is 0 Å². The van der Waals surface area contributed by atoms with Crippen molar-refractivity contribution in [2.24, 2.45) is 5.73 Å². The number of fused-ring (bicyclic) bond motifs is 1. The van der Waals surface area contributed by atoms with E-state index in [9.17, 15) is 4.79 Å². The standard InChI is InChI=1S/C16H15BrN2O/c17-13-3-1-2-11(8-13)15(18)12-5-4-10-6-7-19-16(20)14(10)9-12/h1-5,8-9,15H,6-7,18H2,(H,19,20). The Labute approximate surface area is 126 Å². The molecule has 1 aliphatic rings. The Balaban J connectivity index is 1.98. The Hall–Kier alpha value is -1.65. The first-order valence-electron chi connectivity index (χ1n) is 6.57. The molecule has 0 aromatic heterocycles. The predicted molar refractivity (Wildman–Crippen MR) is 82.7 cm³/mol. The van der Waals surface area contributed by atoms with E-state index in [-0.39, 0.29) is 11.9 Å². The summed E-state index contributed by atoms with van der Waals surface area (Å²) < 4.78 is 1.00. The molecule has 0 saturated heterocycles. The minimum atomic E-state index is -0.229. The largest absolute Gasteiger partial charge is 0.352 e. The monoisotopic (exact) mass is 330 g/mol. The van der Waals surface area contributed by atoms with E-state index < -0.39 is 0 Å². The quantitative estimate of drug-likeness (QED) is 0.889. The minimum Gasteiger partial charge on any atom is -0.352 e. The van der Waals surface area contributed by atoms with E-state index in [0.29, 0.717) is 6.54 Å². The van der Waals surface area contributed by atoms with Crippen LogP contribution in [-0.4, -0.2) is 12.5 Å². The van der Waals surface area contributed by atoms with Crippen LogP contribution in [0.2, 0.25) is 0 Å². The molecule has 4 heteroatoms. The van der Waals surface area contributed by atoms with Gasteiger partial charge in [0.1, 0.15) is 0 Å². The van der Waals surface area contributed by atoms with Gasteiger partial charge in [-0.2, -0.15) is 0 Å². The molecule has 1 heterocycles. The normalized spacial score (nSPS) is 15.4. The van der Waals surface area contributed by atoms with Crippen LogP contribution in [-0.2, 0) is 6.42 Å². The molecule has 1 amide bonds. The molecule has 1 unspecified atom stereocenters. The maximum absolute atomic E-state index is 11.9. The van der Waals surface area contributed by atoms with E-state index in [1.165, 1.54) is 0 Å². The average molecular weight is 331 g/mol. The van der Waals surface area contributed by atoms with Crippen LogP contribution < -0.4 is 11.1 Å². The summed E-state index contributed by atoms with van der Waals surface area (Å²) in [4.78, 5) is 11.9. The van der Waals surface area contributed by atoms with Crippen LogP contribution >= 0.6 is 15.9 Å². The first kappa shape index (κ1) is 13.3. The molecule has 1 atom stereocenters. The third-order valence-corrected chi connectivity index (χ3v) is 4.12. The lowest BCUT2D eigenvalue weighted by molar-refractivity contribution is 0.0946. The van der Waals surface area contributed by atoms with Gasteiger partial charge in [-0.05, 0) is 41.3 Å². The third-order valence-electron chi connectivity index (χ3n) is 3.63. The van der Waals surface area contributed by atoms with Crippen LogP contribution in [0.1, 0.15) is 33.1 Å².